The predicted octanol–water partition coefficient (Wildman–Crippen LogP) is 1.92. The Labute approximate surface area is 120 Å². The molecule has 1 aromatic rings. The van der Waals surface area contributed by atoms with Crippen molar-refractivity contribution in [2.24, 2.45) is 0 Å². The third kappa shape index (κ3) is 6.58. The Hall–Kier alpha value is -1.53. The van der Waals surface area contributed by atoms with Crippen LogP contribution in [0, 0.1) is 0 Å². The van der Waals surface area contributed by atoms with Gasteiger partial charge in [-0.25, -0.2) is 0 Å². The van der Waals surface area contributed by atoms with Crippen molar-refractivity contribution in [1.82, 2.24) is 4.98 Å². The topological polar surface area (TPSA) is 78.6 Å². The molecule has 0 fully saturated rings. The van der Waals surface area contributed by atoms with E-state index in [1.807, 2.05) is 13.0 Å². The summed E-state index contributed by atoms with van der Waals surface area (Å²) >= 11 is 0. The second-order valence-corrected chi connectivity index (χ2v) is 4.32. The van der Waals surface area contributed by atoms with Crippen LogP contribution < -0.4 is 15.8 Å². The summed E-state index contributed by atoms with van der Waals surface area (Å²) in [5.74, 6) is 1.26. The fourth-order valence-corrected chi connectivity index (χ4v) is 1.50. The lowest BCUT2D eigenvalue weighted by atomic mass is 10.3. The van der Waals surface area contributed by atoms with Crippen molar-refractivity contribution in [3.8, 4) is 5.88 Å². The molecule has 1 rings (SSSR count). The zero-order chi connectivity index (χ0) is 14.6. The molecule has 0 aliphatic carbocycles. The molecule has 3 N–H and O–H groups in total. The fraction of sp³-hybridized carbons (Fsp3) is 0.643. The first-order valence-electron chi connectivity index (χ1n) is 6.97. The van der Waals surface area contributed by atoms with Crippen molar-refractivity contribution in [2.45, 2.75) is 19.8 Å². The van der Waals surface area contributed by atoms with Crippen molar-refractivity contribution >= 4 is 11.5 Å². The molecule has 0 aliphatic rings. The number of nitrogens with two attached hydrogens (primary N) is 1. The van der Waals surface area contributed by atoms with Crippen molar-refractivity contribution in [3.63, 3.8) is 0 Å². The fourth-order valence-electron chi connectivity index (χ4n) is 1.50. The number of nitrogens with zero attached hydrogens (tertiary/aromatic N) is 1. The highest BCUT2D eigenvalue weighted by Gasteiger charge is 2.03. The van der Waals surface area contributed by atoms with Crippen LogP contribution in [0.3, 0.4) is 0 Å². The standard InChI is InChI=1S/C14H25N3O3/c1-3-8-20-14-12(15)5-6-13(17-14)16-7-4-9-19-11-10-18-2/h5-6H,3-4,7-11,15H2,1-2H3,(H,16,17). The van der Waals surface area contributed by atoms with E-state index in [0.717, 1.165) is 25.2 Å². The van der Waals surface area contributed by atoms with Gasteiger partial charge in [-0.2, -0.15) is 4.98 Å². The lowest BCUT2D eigenvalue weighted by molar-refractivity contribution is 0.0705. The first-order chi connectivity index (χ1) is 9.77. The zero-order valence-corrected chi connectivity index (χ0v) is 12.4. The number of pyridine rings is 1. The van der Waals surface area contributed by atoms with E-state index in [9.17, 15) is 0 Å². The van der Waals surface area contributed by atoms with Gasteiger partial charge in [-0.3, -0.25) is 0 Å². The molecular weight excluding hydrogens is 258 g/mol. The smallest absolute Gasteiger partial charge is 0.239 e. The van der Waals surface area contributed by atoms with Crippen LogP contribution >= 0.6 is 0 Å². The SMILES string of the molecule is CCCOc1nc(NCCCOCCOC)ccc1N. The van der Waals surface area contributed by atoms with Crippen LogP contribution in [0.25, 0.3) is 0 Å². The number of ether oxygens (including phenoxy) is 3. The van der Waals surface area contributed by atoms with E-state index in [1.165, 1.54) is 0 Å². The van der Waals surface area contributed by atoms with E-state index in [2.05, 4.69) is 10.3 Å². The summed E-state index contributed by atoms with van der Waals surface area (Å²) < 4.78 is 15.8. The van der Waals surface area contributed by atoms with Crippen LogP contribution in [0.4, 0.5) is 11.5 Å². The van der Waals surface area contributed by atoms with E-state index in [0.29, 0.717) is 38.0 Å². The van der Waals surface area contributed by atoms with Crippen LogP contribution in [0.2, 0.25) is 0 Å². The first-order valence-corrected chi connectivity index (χ1v) is 6.97. The molecule has 0 radical (unpaired) electrons. The molecule has 0 aromatic carbocycles. The van der Waals surface area contributed by atoms with Gasteiger partial charge in [0, 0.05) is 20.3 Å². The minimum Gasteiger partial charge on any atom is -0.476 e. The second kappa shape index (κ2) is 10.3. The zero-order valence-electron chi connectivity index (χ0n) is 12.4. The van der Waals surface area contributed by atoms with E-state index in [1.54, 1.807) is 13.2 Å². The summed E-state index contributed by atoms with van der Waals surface area (Å²) in [4.78, 5) is 4.34. The Bertz CT molecular complexity index is 375. The lowest BCUT2D eigenvalue weighted by Crippen LogP contribution is -2.10. The summed E-state index contributed by atoms with van der Waals surface area (Å²) in [5.41, 5.74) is 6.37. The number of rotatable bonds is 11. The highest BCUT2D eigenvalue weighted by Crippen LogP contribution is 2.20. The van der Waals surface area contributed by atoms with Crippen LogP contribution in [0.15, 0.2) is 12.1 Å². The lowest BCUT2D eigenvalue weighted by Gasteiger charge is -2.10. The Morgan fingerprint density at radius 3 is 2.80 bits per heavy atom. The molecule has 0 atom stereocenters. The number of methoxy groups -OCH3 is 1. The van der Waals surface area contributed by atoms with Gasteiger partial charge in [0.25, 0.3) is 0 Å². The summed E-state index contributed by atoms with van der Waals surface area (Å²) in [7, 11) is 1.66. The molecule has 0 unspecified atom stereocenters. The highest BCUT2D eigenvalue weighted by molar-refractivity contribution is 5.53. The maximum atomic E-state index is 5.81. The Balaban J connectivity index is 2.26. The minimum atomic E-state index is 0.494. The third-order valence-corrected chi connectivity index (χ3v) is 2.54. The molecule has 6 nitrogen and oxygen atoms in total. The molecule has 0 spiro atoms. The van der Waals surface area contributed by atoms with Crippen molar-refractivity contribution in [2.75, 3.05) is 51.1 Å². The number of aromatic nitrogens is 1. The largest absolute Gasteiger partial charge is 0.476 e. The van der Waals surface area contributed by atoms with Crippen molar-refractivity contribution in [1.29, 1.82) is 0 Å². The van der Waals surface area contributed by atoms with Gasteiger partial charge in [-0.15, -0.1) is 0 Å². The second-order valence-electron chi connectivity index (χ2n) is 4.32. The van der Waals surface area contributed by atoms with E-state index in [-0.39, 0.29) is 0 Å². The molecule has 0 saturated heterocycles. The summed E-state index contributed by atoms with van der Waals surface area (Å²) in [5, 5.41) is 3.22. The van der Waals surface area contributed by atoms with E-state index >= 15 is 0 Å². The highest BCUT2D eigenvalue weighted by atomic mass is 16.5. The van der Waals surface area contributed by atoms with Gasteiger partial charge in [0.2, 0.25) is 5.88 Å². The molecule has 1 heterocycles. The van der Waals surface area contributed by atoms with Gasteiger partial charge < -0.3 is 25.3 Å². The Kier molecular flexibility index (Phi) is 8.49. The molecule has 20 heavy (non-hydrogen) atoms. The summed E-state index contributed by atoms with van der Waals surface area (Å²) in [6, 6.07) is 3.65. The third-order valence-electron chi connectivity index (χ3n) is 2.54. The molecule has 0 amide bonds. The molecule has 114 valence electrons. The van der Waals surface area contributed by atoms with Gasteiger partial charge in [0.1, 0.15) is 5.82 Å². The van der Waals surface area contributed by atoms with Gasteiger partial charge in [-0.1, -0.05) is 6.92 Å². The normalized spacial score (nSPS) is 10.5. The van der Waals surface area contributed by atoms with Gasteiger partial charge in [0.05, 0.1) is 25.5 Å². The Morgan fingerprint density at radius 1 is 1.20 bits per heavy atom. The van der Waals surface area contributed by atoms with Gasteiger partial charge in [0.15, 0.2) is 0 Å². The summed E-state index contributed by atoms with van der Waals surface area (Å²) in [6.07, 6.45) is 1.83. The number of hydrogen-bond donors (Lipinski definition) is 2. The van der Waals surface area contributed by atoms with Gasteiger partial charge in [-0.05, 0) is 25.0 Å². The van der Waals surface area contributed by atoms with Crippen LogP contribution in [-0.4, -0.2) is 45.1 Å². The molecule has 0 aliphatic heterocycles. The average molecular weight is 283 g/mol. The molecule has 0 saturated carbocycles. The van der Waals surface area contributed by atoms with Crippen LogP contribution in [0.1, 0.15) is 19.8 Å². The number of hydrogen-bond acceptors (Lipinski definition) is 6. The monoisotopic (exact) mass is 283 g/mol. The summed E-state index contributed by atoms with van der Waals surface area (Å²) in [6.45, 7) is 5.41. The number of anilines is 2. The van der Waals surface area contributed by atoms with Crippen LogP contribution in [0.5, 0.6) is 5.88 Å². The maximum Gasteiger partial charge on any atom is 0.239 e. The van der Waals surface area contributed by atoms with Crippen molar-refractivity contribution in [3.05, 3.63) is 12.1 Å². The average Bonchev–Trinajstić information content (AvgIpc) is 2.46. The van der Waals surface area contributed by atoms with E-state index in [4.69, 9.17) is 19.9 Å². The van der Waals surface area contributed by atoms with E-state index < -0.39 is 0 Å². The number of nitrogens with one attached hydrogen (secondary N) is 1. The quantitative estimate of drug-likeness (QED) is 0.604. The van der Waals surface area contributed by atoms with Crippen LogP contribution in [-0.2, 0) is 9.47 Å². The van der Waals surface area contributed by atoms with Crippen molar-refractivity contribution < 1.29 is 14.2 Å². The molecule has 1 aromatic heterocycles. The minimum absolute atomic E-state index is 0.494. The Morgan fingerprint density at radius 2 is 2.05 bits per heavy atom. The molecular formula is C14H25N3O3. The maximum absolute atomic E-state index is 5.81. The molecule has 6 heteroatoms. The van der Waals surface area contributed by atoms with Gasteiger partial charge >= 0.3 is 0 Å². The first kappa shape index (κ1) is 16.5. The molecule has 0 bridgehead atoms. The predicted molar refractivity (Wildman–Crippen MR) is 80.2 cm³/mol. The number of nitrogen functional groups attached to an aromatic ring is 1.